The van der Waals surface area contributed by atoms with Crippen molar-refractivity contribution in [1.29, 1.82) is 0 Å². The molecule has 3 rings (SSSR count). The molecule has 1 amide bonds. The van der Waals surface area contributed by atoms with E-state index in [2.05, 4.69) is 4.98 Å². The van der Waals surface area contributed by atoms with Gasteiger partial charge in [0.2, 0.25) is 0 Å². The van der Waals surface area contributed by atoms with E-state index in [-0.39, 0.29) is 5.91 Å². The molecule has 0 aliphatic carbocycles. The number of nitrogens with zero attached hydrogens (tertiary/aromatic N) is 2. The minimum Gasteiger partial charge on any atom is -0.366 e. The Kier molecular flexibility index (Phi) is 2.83. The quantitative estimate of drug-likeness (QED) is 0.859. The van der Waals surface area contributed by atoms with Crippen molar-refractivity contribution >= 4 is 5.91 Å². The van der Waals surface area contributed by atoms with Gasteiger partial charge in [0.1, 0.15) is 0 Å². The Labute approximate surface area is 117 Å². The molecule has 1 aliphatic rings. The molecule has 0 spiro atoms. The second-order valence-corrected chi connectivity index (χ2v) is 5.17. The number of amides is 1. The van der Waals surface area contributed by atoms with E-state index in [1.54, 1.807) is 25.4 Å². The fourth-order valence-corrected chi connectivity index (χ4v) is 2.77. The molecule has 1 N–H and O–H groups in total. The molecule has 20 heavy (non-hydrogen) atoms. The van der Waals surface area contributed by atoms with Gasteiger partial charge >= 0.3 is 0 Å². The lowest BCUT2D eigenvalue weighted by Gasteiger charge is -2.42. The average molecular weight is 268 g/mol. The van der Waals surface area contributed by atoms with Crippen molar-refractivity contribution in [3.05, 3.63) is 65.0 Å². The van der Waals surface area contributed by atoms with Crippen LogP contribution in [-0.2, 0) is 12.1 Å². The number of benzene rings is 1. The van der Waals surface area contributed by atoms with Crippen LogP contribution in [0.25, 0.3) is 0 Å². The van der Waals surface area contributed by atoms with Crippen molar-refractivity contribution in [2.24, 2.45) is 0 Å². The molecule has 0 radical (unpaired) electrons. The van der Waals surface area contributed by atoms with Crippen LogP contribution in [0.5, 0.6) is 0 Å². The average Bonchev–Trinajstić information content (AvgIpc) is 2.45. The van der Waals surface area contributed by atoms with Crippen molar-refractivity contribution in [3.8, 4) is 0 Å². The van der Waals surface area contributed by atoms with Crippen LogP contribution in [0.15, 0.2) is 42.6 Å². The number of hydrogen-bond acceptors (Lipinski definition) is 3. The zero-order valence-corrected chi connectivity index (χ0v) is 11.5. The van der Waals surface area contributed by atoms with Gasteiger partial charge in [-0.1, -0.05) is 24.3 Å². The number of carbonyl (C=O) groups excluding carboxylic acids is 1. The predicted molar refractivity (Wildman–Crippen MR) is 75.1 cm³/mol. The second kappa shape index (κ2) is 4.42. The zero-order chi connectivity index (χ0) is 14.3. The van der Waals surface area contributed by atoms with Crippen LogP contribution < -0.4 is 0 Å². The first-order chi connectivity index (χ1) is 9.54. The maximum atomic E-state index is 12.4. The number of likely N-dealkylation sites (N-methyl/N-ethyl adjacent to an activating group) is 1. The van der Waals surface area contributed by atoms with E-state index < -0.39 is 5.72 Å². The van der Waals surface area contributed by atoms with Crippen LogP contribution >= 0.6 is 0 Å². The molecule has 0 saturated carbocycles. The summed E-state index contributed by atoms with van der Waals surface area (Å²) in [6, 6.07) is 11.1. The first-order valence-corrected chi connectivity index (χ1v) is 6.54. The van der Waals surface area contributed by atoms with Crippen LogP contribution in [0, 0.1) is 6.92 Å². The largest absolute Gasteiger partial charge is 0.366 e. The third-order valence-corrected chi connectivity index (χ3v) is 3.97. The fraction of sp³-hybridized carbons (Fsp3) is 0.250. The van der Waals surface area contributed by atoms with E-state index in [0.29, 0.717) is 17.7 Å². The normalized spacial score (nSPS) is 21.8. The summed E-state index contributed by atoms with van der Waals surface area (Å²) in [5.74, 6) is -0.204. The van der Waals surface area contributed by atoms with Gasteiger partial charge in [-0.15, -0.1) is 0 Å². The van der Waals surface area contributed by atoms with Gasteiger partial charge in [0.15, 0.2) is 5.72 Å². The molecule has 4 heteroatoms. The topological polar surface area (TPSA) is 53.4 Å². The molecular formula is C16H16N2O2. The van der Waals surface area contributed by atoms with Crippen LogP contribution in [-0.4, -0.2) is 27.9 Å². The van der Waals surface area contributed by atoms with E-state index in [1.165, 1.54) is 4.90 Å². The summed E-state index contributed by atoms with van der Waals surface area (Å²) < 4.78 is 0. The van der Waals surface area contributed by atoms with Crippen LogP contribution in [0.2, 0.25) is 0 Å². The van der Waals surface area contributed by atoms with E-state index >= 15 is 0 Å². The highest BCUT2D eigenvalue weighted by Crippen LogP contribution is 2.36. The first kappa shape index (κ1) is 12.8. The summed E-state index contributed by atoms with van der Waals surface area (Å²) in [7, 11) is 1.63. The van der Waals surface area contributed by atoms with Gasteiger partial charge in [-0.25, -0.2) is 0 Å². The summed E-state index contributed by atoms with van der Waals surface area (Å²) in [5.41, 5.74) is 1.56. The number of aromatic nitrogens is 1. The smallest absolute Gasteiger partial charge is 0.257 e. The highest BCUT2D eigenvalue weighted by Gasteiger charge is 2.43. The molecule has 0 saturated heterocycles. The standard InChI is InChI=1S/C16H16N2O2/c1-11-6-3-4-8-13(11)16(20)10-14-12(7-5-9-17-14)15(19)18(16)2/h3-9,20H,10H2,1-2H3. The van der Waals surface area contributed by atoms with Crippen molar-refractivity contribution < 1.29 is 9.90 Å². The fourth-order valence-electron chi connectivity index (χ4n) is 2.77. The Morgan fingerprint density at radius 3 is 2.75 bits per heavy atom. The van der Waals surface area contributed by atoms with E-state index in [4.69, 9.17) is 0 Å². The molecule has 0 bridgehead atoms. The molecular weight excluding hydrogens is 252 g/mol. The number of aliphatic hydroxyl groups is 1. The maximum absolute atomic E-state index is 12.4. The molecule has 4 nitrogen and oxygen atoms in total. The number of aryl methyl sites for hydroxylation is 1. The highest BCUT2D eigenvalue weighted by molar-refractivity contribution is 5.96. The number of carbonyl (C=O) groups is 1. The number of rotatable bonds is 1. The number of hydrogen-bond donors (Lipinski definition) is 1. The summed E-state index contributed by atoms with van der Waals surface area (Å²) >= 11 is 0. The zero-order valence-electron chi connectivity index (χ0n) is 11.5. The molecule has 2 heterocycles. The number of pyridine rings is 1. The SMILES string of the molecule is Cc1ccccc1C1(O)Cc2ncccc2C(=O)N1C. The Balaban J connectivity index is 2.17. The first-order valence-electron chi connectivity index (χ1n) is 6.54. The van der Waals surface area contributed by atoms with Crippen LogP contribution in [0.3, 0.4) is 0 Å². The lowest BCUT2D eigenvalue weighted by molar-refractivity contribution is -0.0878. The third kappa shape index (κ3) is 1.72. The highest BCUT2D eigenvalue weighted by atomic mass is 16.3. The summed E-state index contributed by atoms with van der Waals surface area (Å²) in [5, 5.41) is 11.1. The van der Waals surface area contributed by atoms with Gasteiger partial charge < -0.3 is 10.0 Å². The Morgan fingerprint density at radius 1 is 1.25 bits per heavy atom. The Hall–Kier alpha value is -2.20. The minimum atomic E-state index is -1.34. The maximum Gasteiger partial charge on any atom is 0.257 e. The van der Waals surface area contributed by atoms with Gasteiger partial charge in [0, 0.05) is 25.2 Å². The summed E-state index contributed by atoms with van der Waals surface area (Å²) in [6.45, 7) is 1.93. The van der Waals surface area contributed by atoms with Crippen molar-refractivity contribution in [3.63, 3.8) is 0 Å². The lowest BCUT2D eigenvalue weighted by Crippen LogP contribution is -2.52. The van der Waals surface area contributed by atoms with Crippen molar-refractivity contribution in [1.82, 2.24) is 9.88 Å². The molecule has 1 aliphatic heterocycles. The molecule has 2 aromatic rings. The number of fused-ring (bicyclic) bond motifs is 1. The minimum absolute atomic E-state index is 0.204. The van der Waals surface area contributed by atoms with Gasteiger partial charge in [0.05, 0.1) is 11.3 Å². The van der Waals surface area contributed by atoms with Crippen molar-refractivity contribution in [2.45, 2.75) is 19.1 Å². The van der Waals surface area contributed by atoms with Gasteiger partial charge in [-0.3, -0.25) is 9.78 Å². The van der Waals surface area contributed by atoms with Crippen molar-refractivity contribution in [2.75, 3.05) is 7.05 Å². The molecule has 1 aromatic carbocycles. The molecule has 1 aromatic heterocycles. The summed E-state index contributed by atoms with van der Waals surface area (Å²) in [6.07, 6.45) is 1.95. The lowest BCUT2D eigenvalue weighted by atomic mass is 9.87. The molecule has 0 fully saturated rings. The Morgan fingerprint density at radius 2 is 2.00 bits per heavy atom. The van der Waals surface area contributed by atoms with Crippen LogP contribution in [0.1, 0.15) is 27.2 Å². The molecule has 1 unspecified atom stereocenters. The van der Waals surface area contributed by atoms with E-state index in [1.807, 2.05) is 31.2 Å². The second-order valence-electron chi connectivity index (χ2n) is 5.17. The van der Waals surface area contributed by atoms with Gasteiger partial charge in [0.25, 0.3) is 5.91 Å². The summed E-state index contributed by atoms with van der Waals surface area (Å²) in [4.78, 5) is 18.1. The van der Waals surface area contributed by atoms with E-state index in [0.717, 1.165) is 11.1 Å². The van der Waals surface area contributed by atoms with Gasteiger partial charge in [-0.2, -0.15) is 0 Å². The van der Waals surface area contributed by atoms with E-state index in [9.17, 15) is 9.90 Å². The molecule has 102 valence electrons. The molecule has 1 atom stereocenters. The van der Waals surface area contributed by atoms with Gasteiger partial charge in [-0.05, 0) is 24.6 Å². The Bertz CT molecular complexity index is 684. The third-order valence-electron chi connectivity index (χ3n) is 3.97. The van der Waals surface area contributed by atoms with Crippen LogP contribution in [0.4, 0.5) is 0 Å². The predicted octanol–water partition coefficient (Wildman–Crippen LogP) is 1.86. The monoisotopic (exact) mass is 268 g/mol.